The van der Waals surface area contributed by atoms with Crippen LogP contribution >= 0.6 is 0 Å². The van der Waals surface area contributed by atoms with Crippen molar-refractivity contribution in [1.29, 1.82) is 0 Å². The Morgan fingerprint density at radius 1 is 1.80 bits per heavy atom. The van der Waals surface area contributed by atoms with E-state index in [4.69, 9.17) is 0 Å². The van der Waals surface area contributed by atoms with Crippen molar-refractivity contribution >= 4 is 5.91 Å². The van der Waals surface area contributed by atoms with Crippen LogP contribution in [0.4, 0.5) is 0 Å². The molecule has 2 atom stereocenters. The third-order valence-corrected chi connectivity index (χ3v) is 2.09. The lowest BCUT2D eigenvalue weighted by molar-refractivity contribution is -0.119. The summed E-state index contributed by atoms with van der Waals surface area (Å²) in [6, 6.07) is 0.740. The molecule has 0 aliphatic carbocycles. The van der Waals surface area contributed by atoms with Gasteiger partial charge in [-0.2, -0.15) is 0 Å². The molecule has 1 aliphatic heterocycles. The molecule has 0 radical (unpaired) electrons. The van der Waals surface area contributed by atoms with Gasteiger partial charge >= 0.3 is 0 Å². The Bertz CT molecular complexity index is 136. The smallest absolute Gasteiger partial charge is 0.220 e. The summed E-state index contributed by atoms with van der Waals surface area (Å²) in [4.78, 5) is 10.7. The maximum atomic E-state index is 10.7. The van der Waals surface area contributed by atoms with Gasteiger partial charge in [-0.3, -0.25) is 4.79 Å². The highest BCUT2D eigenvalue weighted by Gasteiger charge is 2.24. The molecule has 0 aromatic carbocycles. The topological polar surface area (TPSA) is 41.1 Å². The van der Waals surface area contributed by atoms with Gasteiger partial charge in [0.05, 0.1) is 0 Å². The first-order chi connectivity index (χ1) is 4.74. The van der Waals surface area contributed by atoms with E-state index >= 15 is 0 Å². The average Bonchev–Trinajstić information content (AvgIpc) is 2.34. The second kappa shape index (κ2) is 3.01. The highest BCUT2D eigenvalue weighted by molar-refractivity contribution is 5.78. The van der Waals surface area contributed by atoms with Crippen molar-refractivity contribution < 1.29 is 4.79 Å². The van der Waals surface area contributed by atoms with Crippen LogP contribution in [-0.2, 0) is 4.79 Å². The summed E-state index contributed by atoms with van der Waals surface area (Å²) in [6.07, 6.45) is 1.66. The van der Waals surface area contributed by atoms with E-state index in [1.807, 2.05) is 7.05 Å². The van der Waals surface area contributed by atoms with Crippen molar-refractivity contribution in [3.05, 3.63) is 0 Å². The molecule has 1 rings (SSSR count). The lowest BCUT2D eigenvalue weighted by Crippen LogP contribution is -2.42. The van der Waals surface area contributed by atoms with Crippen molar-refractivity contribution in [3.63, 3.8) is 0 Å². The molecular weight excluding hydrogens is 128 g/mol. The van der Waals surface area contributed by atoms with Crippen LogP contribution in [0.25, 0.3) is 0 Å². The molecule has 1 heterocycles. The fraction of sp³-hybridized carbons (Fsp3) is 0.857. The van der Waals surface area contributed by atoms with E-state index in [1.54, 1.807) is 0 Å². The van der Waals surface area contributed by atoms with Crippen molar-refractivity contribution in [2.24, 2.45) is 0 Å². The van der Waals surface area contributed by atoms with Crippen molar-refractivity contribution in [2.45, 2.75) is 31.8 Å². The lowest BCUT2D eigenvalue weighted by atomic mass is 10.1. The third-order valence-electron chi connectivity index (χ3n) is 2.09. The highest BCUT2D eigenvalue weighted by atomic mass is 16.1. The van der Waals surface area contributed by atoms with Gasteiger partial charge < -0.3 is 10.6 Å². The summed E-state index contributed by atoms with van der Waals surface area (Å²) >= 11 is 0. The number of rotatable bonds is 2. The van der Waals surface area contributed by atoms with Crippen molar-refractivity contribution in [3.8, 4) is 0 Å². The van der Waals surface area contributed by atoms with E-state index in [2.05, 4.69) is 17.6 Å². The molecule has 58 valence electrons. The molecule has 0 aromatic heterocycles. The van der Waals surface area contributed by atoms with Crippen molar-refractivity contribution in [1.82, 2.24) is 10.6 Å². The van der Waals surface area contributed by atoms with Gasteiger partial charge in [-0.1, -0.05) is 0 Å². The fourth-order valence-corrected chi connectivity index (χ4v) is 1.21. The molecule has 2 unspecified atom stereocenters. The van der Waals surface area contributed by atoms with E-state index in [9.17, 15) is 4.79 Å². The maximum absolute atomic E-state index is 10.7. The summed E-state index contributed by atoms with van der Waals surface area (Å²) in [5.74, 6) is 0.187. The van der Waals surface area contributed by atoms with Gasteiger partial charge in [0, 0.05) is 18.5 Å². The van der Waals surface area contributed by atoms with Crippen LogP contribution in [0, 0.1) is 0 Å². The molecular formula is C7H14N2O. The molecule has 0 bridgehead atoms. The first-order valence-electron chi connectivity index (χ1n) is 3.70. The minimum atomic E-state index is 0.187. The quantitative estimate of drug-likeness (QED) is 0.564. The zero-order valence-corrected chi connectivity index (χ0v) is 6.48. The van der Waals surface area contributed by atoms with Crippen LogP contribution in [0.15, 0.2) is 0 Å². The van der Waals surface area contributed by atoms with Crippen LogP contribution in [-0.4, -0.2) is 25.0 Å². The van der Waals surface area contributed by atoms with Crippen LogP contribution in [0.1, 0.15) is 19.8 Å². The molecule has 0 aromatic rings. The molecule has 10 heavy (non-hydrogen) atoms. The molecule has 1 saturated heterocycles. The van der Waals surface area contributed by atoms with Crippen LogP contribution in [0.5, 0.6) is 0 Å². The van der Waals surface area contributed by atoms with Gasteiger partial charge in [-0.15, -0.1) is 0 Å². The zero-order chi connectivity index (χ0) is 7.56. The highest BCUT2D eigenvalue weighted by Crippen LogP contribution is 2.09. The Balaban J connectivity index is 2.36. The number of amides is 1. The largest absolute Gasteiger partial charge is 0.352 e. The standard InChI is InChI=1S/C7H14N2O/c1-5(8-2)6-3-4-7(10)9-6/h5-6,8H,3-4H2,1-2H3,(H,9,10). The number of nitrogens with one attached hydrogen (secondary N) is 2. The summed E-state index contributed by atoms with van der Waals surface area (Å²) in [6.45, 7) is 2.08. The zero-order valence-electron chi connectivity index (χ0n) is 6.48. The molecule has 1 fully saturated rings. The molecule has 1 amide bonds. The molecule has 1 aliphatic rings. The molecule has 0 saturated carbocycles. The number of carbonyl (C=O) groups excluding carboxylic acids is 1. The van der Waals surface area contributed by atoms with Gasteiger partial charge in [0.25, 0.3) is 0 Å². The van der Waals surface area contributed by atoms with Gasteiger partial charge in [0.1, 0.15) is 0 Å². The Hall–Kier alpha value is -0.570. The van der Waals surface area contributed by atoms with E-state index in [0.29, 0.717) is 18.5 Å². The molecule has 2 N–H and O–H groups in total. The van der Waals surface area contributed by atoms with E-state index in [-0.39, 0.29) is 5.91 Å². The van der Waals surface area contributed by atoms with Crippen LogP contribution in [0.3, 0.4) is 0 Å². The average molecular weight is 142 g/mol. The number of carbonyl (C=O) groups is 1. The second-order valence-corrected chi connectivity index (χ2v) is 2.79. The minimum absolute atomic E-state index is 0.187. The summed E-state index contributed by atoms with van der Waals surface area (Å²) < 4.78 is 0. The first kappa shape index (κ1) is 7.54. The van der Waals surface area contributed by atoms with Crippen molar-refractivity contribution in [2.75, 3.05) is 7.05 Å². The fourth-order valence-electron chi connectivity index (χ4n) is 1.21. The van der Waals surface area contributed by atoms with E-state index in [1.165, 1.54) is 0 Å². The van der Waals surface area contributed by atoms with Crippen LogP contribution in [0.2, 0.25) is 0 Å². The Morgan fingerprint density at radius 2 is 2.50 bits per heavy atom. The SMILES string of the molecule is CNC(C)C1CCC(=O)N1. The first-order valence-corrected chi connectivity index (χ1v) is 3.70. The van der Waals surface area contributed by atoms with E-state index < -0.39 is 0 Å². The molecule has 3 nitrogen and oxygen atoms in total. The van der Waals surface area contributed by atoms with Gasteiger partial charge in [0.2, 0.25) is 5.91 Å². The Labute approximate surface area is 61.2 Å². The molecule has 0 spiro atoms. The molecule has 3 heteroatoms. The normalized spacial score (nSPS) is 28.2. The number of hydrogen-bond acceptors (Lipinski definition) is 2. The predicted octanol–water partition coefficient (Wildman–Crippen LogP) is -0.127. The monoisotopic (exact) mass is 142 g/mol. The second-order valence-electron chi connectivity index (χ2n) is 2.79. The summed E-state index contributed by atoms with van der Waals surface area (Å²) in [5.41, 5.74) is 0. The van der Waals surface area contributed by atoms with Gasteiger partial charge in [-0.25, -0.2) is 0 Å². The van der Waals surface area contributed by atoms with Gasteiger partial charge in [-0.05, 0) is 20.4 Å². The lowest BCUT2D eigenvalue weighted by Gasteiger charge is -2.17. The predicted molar refractivity (Wildman–Crippen MR) is 39.7 cm³/mol. The Morgan fingerprint density at radius 3 is 2.90 bits per heavy atom. The van der Waals surface area contributed by atoms with Crippen LogP contribution < -0.4 is 10.6 Å². The Kier molecular flexibility index (Phi) is 2.27. The number of likely N-dealkylation sites (N-methyl/N-ethyl adjacent to an activating group) is 1. The summed E-state index contributed by atoms with van der Waals surface area (Å²) in [7, 11) is 1.91. The number of hydrogen-bond donors (Lipinski definition) is 2. The summed E-state index contributed by atoms with van der Waals surface area (Å²) in [5, 5.41) is 6.02. The van der Waals surface area contributed by atoms with Gasteiger partial charge in [0.15, 0.2) is 0 Å². The van der Waals surface area contributed by atoms with E-state index in [0.717, 1.165) is 6.42 Å². The third kappa shape index (κ3) is 1.48. The maximum Gasteiger partial charge on any atom is 0.220 e. The minimum Gasteiger partial charge on any atom is -0.352 e.